The van der Waals surface area contributed by atoms with E-state index in [0.29, 0.717) is 19.8 Å². The normalized spacial score (nSPS) is 14.6. The number of fused-ring (bicyclic) bond motifs is 1. The fourth-order valence-electron chi connectivity index (χ4n) is 6.32. The molecule has 0 heterocycles. The van der Waals surface area contributed by atoms with E-state index in [9.17, 15) is 0 Å². The molecule has 3 heteroatoms. The molecule has 1 aliphatic carbocycles. The van der Waals surface area contributed by atoms with Crippen molar-refractivity contribution in [3.05, 3.63) is 155 Å². The first-order chi connectivity index (χ1) is 25.0. The number of unbranched alkanes of at least 4 members (excludes halogenated alkanes) is 4. The molecule has 0 bridgehead atoms. The molecule has 1 aliphatic rings. The molecule has 51 heavy (non-hydrogen) atoms. The van der Waals surface area contributed by atoms with Crippen molar-refractivity contribution in [2.24, 2.45) is 0 Å². The Morgan fingerprint density at radius 2 is 1.47 bits per heavy atom. The van der Waals surface area contributed by atoms with Crippen LogP contribution in [0.15, 0.2) is 122 Å². The summed E-state index contributed by atoms with van der Waals surface area (Å²) >= 11 is 0. The first-order valence-electron chi connectivity index (χ1n) is 19.4. The lowest BCUT2D eigenvalue weighted by Crippen LogP contribution is -2.29. The molecule has 0 amide bonds. The monoisotopic (exact) mass is 691 g/mol. The van der Waals surface area contributed by atoms with Gasteiger partial charge in [0.05, 0.1) is 31.5 Å². The van der Waals surface area contributed by atoms with Gasteiger partial charge in [-0.25, -0.2) is 0 Å². The third kappa shape index (κ3) is 13.2. The number of hydrogen-bond donors (Lipinski definition) is 0. The third-order valence-electron chi connectivity index (χ3n) is 8.96. The first kappa shape index (κ1) is 43.1. The lowest BCUT2D eigenvalue weighted by atomic mass is 9.66. The lowest BCUT2D eigenvalue weighted by Gasteiger charge is -2.35. The van der Waals surface area contributed by atoms with E-state index in [1.807, 2.05) is 6.92 Å². The Bertz CT molecular complexity index is 1490. The van der Waals surface area contributed by atoms with E-state index in [0.717, 1.165) is 38.0 Å². The van der Waals surface area contributed by atoms with Gasteiger partial charge in [0, 0.05) is 13.0 Å². The smallest absolute Gasteiger partial charge is 0.122 e. The van der Waals surface area contributed by atoms with Crippen molar-refractivity contribution in [2.45, 2.75) is 105 Å². The van der Waals surface area contributed by atoms with Gasteiger partial charge in [0.15, 0.2) is 0 Å². The van der Waals surface area contributed by atoms with Crippen molar-refractivity contribution >= 4 is 6.08 Å². The van der Waals surface area contributed by atoms with Crippen LogP contribution in [0.3, 0.4) is 0 Å². The van der Waals surface area contributed by atoms with Crippen LogP contribution in [0.1, 0.15) is 120 Å². The number of aryl methyl sites for hydroxylation is 2. The largest absolute Gasteiger partial charge is 0.502 e. The average molecular weight is 691 g/mol. The molecule has 3 aromatic rings. The third-order valence-corrected chi connectivity index (χ3v) is 8.96. The number of ether oxygens (including phenoxy) is 3. The summed E-state index contributed by atoms with van der Waals surface area (Å²) in [7, 11) is 0. The lowest BCUT2D eigenvalue weighted by molar-refractivity contribution is 0.178. The topological polar surface area (TPSA) is 27.7 Å². The SMILES string of the molecule is C=CCOCC.C=COCCCOc1ccc(C2(c3ccc(CC)cc3)C(/C=C\C=C/C)=Cc3ccccc32)cc1CCCCC.CCCCC. The van der Waals surface area contributed by atoms with Crippen LogP contribution in [0, 0.1) is 0 Å². The molecule has 0 aliphatic heterocycles. The maximum atomic E-state index is 6.32. The van der Waals surface area contributed by atoms with Gasteiger partial charge in [-0.1, -0.05) is 157 Å². The van der Waals surface area contributed by atoms with Crippen LogP contribution in [0.5, 0.6) is 5.75 Å². The zero-order chi connectivity index (χ0) is 37.2. The number of rotatable bonds is 20. The highest BCUT2D eigenvalue weighted by atomic mass is 16.5. The Labute approximate surface area is 311 Å². The van der Waals surface area contributed by atoms with Crippen LogP contribution in [0.25, 0.3) is 6.08 Å². The molecule has 0 aromatic heterocycles. The second kappa shape index (κ2) is 25.8. The highest BCUT2D eigenvalue weighted by Gasteiger charge is 2.44. The summed E-state index contributed by atoms with van der Waals surface area (Å²) in [6, 6.07) is 25.0. The fraction of sp³-hybridized carbons (Fsp3) is 0.417. The van der Waals surface area contributed by atoms with Gasteiger partial charge in [-0.15, -0.1) is 6.58 Å². The maximum absolute atomic E-state index is 6.32. The van der Waals surface area contributed by atoms with Crippen molar-refractivity contribution in [1.82, 2.24) is 0 Å². The van der Waals surface area contributed by atoms with Gasteiger partial charge in [0.2, 0.25) is 0 Å². The van der Waals surface area contributed by atoms with Gasteiger partial charge in [0.25, 0.3) is 0 Å². The molecular weight excluding hydrogens is 625 g/mol. The van der Waals surface area contributed by atoms with Crippen molar-refractivity contribution in [2.75, 3.05) is 26.4 Å². The minimum absolute atomic E-state index is 0.406. The van der Waals surface area contributed by atoms with Crippen LogP contribution in [0.2, 0.25) is 0 Å². The van der Waals surface area contributed by atoms with Gasteiger partial charge >= 0.3 is 0 Å². The summed E-state index contributed by atoms with van der Waals surface area (Å²) in [5.74, 6) is 0.983. The van der Waals surface area contributed by atoms with Crippen molar-refractivity contribution < 1.29 is 14.2 Å². The number of hydrogen-bond acceptors (Lipinski definition) is 3. The average Bonchev–Trinajstić information content (AvgIpc) is 3.50. The summed E-state index contributed by atoms with van der Waals surface area (Å²) in [6.07, 6.45) is 24.7. The Morgan fingerprint density at radius 3 is 2.08 bits per heavy atom. The van der Waals surface area contributed by atoms with Crippen LogP contribution in [-0.4, -0.2) is 26.4 Å². The summed E-state index contributed by atoms with van der Waals surface area (Å²) < 4.78 is 16.5. The van der Waals surface area contributed by atoms with Gasteiger partial charge in [-0.3, -0.25) is 0 Å². The van der Waals surface area contributed by atoms with Crippen molar-refractivity contribution in [3.63, 3.8) is 0 Å². The van der Waals surface area contributed by atoms with E-state index >= 15 is 0 Å². The van der Waals surface area contributed by atoms with E-state index in [1.165, 1.54) is 77.3 Å². The van der Waals surface area contributed by atoms with Crippen LogP contribution < -0.4 is 4.74 Å². The molecule has 1 atom stereocenters. The molecular formula is C48H66O3. The molecule has 3 aromatic carbocycles. The van der Waals surface area contributed by atoms with Crippen molar-refractivity contribution in [3.8, 4) is 5.75 Å². The van der Waals surface area contributed by atoms with Gasteiger partial charge in [-0.05, 0) is 84.2 Å². The predicted molar refractivity (Wildman–Crippen MR) is 222 cm³/mol. The highest BCUT2D eigenvalue weighted by Crippen LogP contribution is 2.52. The molecule has 3 nitrogen and oxygen atoms in total. The molecule has 0 radical (unpaired) electrons. The summed E-state index contributed by atoms with van der Waals surface area (Å²) in [5.41, 5.74) is 8.69. The minimum Gasteiger partial charge on any atom is -0.502 e. The molecule has 0 saturated carbocycles. The Kier molecular flexibility index (Phi) is 21.8. The number of allylic oxidation sites excluding steroid dienone is 5. The first-order valence-corrected chi connectivity index (χ1v) is 19.4. The minimum atomic E-state index is -0.406. The van der Waals surface area contributed by atoms with Gasteiger partial charge in [0.1, 0.15) is 5.75 Å². The predicted octanol–water partition coefficient (Wildman–Crippen LogP) is 13.2. The summed E-state index contributed by atoms with van der Waals surface area (Å²) in [4.78, 5) is 0. The van der Waals surface area contributed by atoms with E-state index in [4.69, 9.17) is 14.2 Å². The molecule has 0 fully saturated rings. The van der Waals surface area contributed by atoms with Crippen LogP contribution in [0.4, 0.5) is 0 Å². The standard InChI is InChI=1S/C38H44O2.C5H10O.C5H12/c1-5-9-11-17-32-29-35(24-25-37(32)40-27-15-26-39-8-4)38(33-22-20-30(7-3)21-23-33)34(18-12-10-6-2)28-31-16-13-14-19-36(31)38;1-3-5-6-4-2;1-3-5-4-2/h6,8,10,12-14,16,18-25,28-29H,4-5,7,9,11,15,17,26-27H2,1-3H3;3H,1,4-5H2,2H3;3-5H2,1-2H3/b10-6-,18-12-;;. The Hall–Kier alpha value is -4.08. The second-order valence-corrected chi connectivity index (χ2v) is 12.7. The molecule has 4 rings (SSSR count). The Balaban J connectivity index is 0.000000712. The van der Waals surface area contributed by atoms with E-state index in [1.54, 1.807) is 6.08 Å². The zero-order valence-electron chi connectivity index (χ0n) is 32.7. The van der Waals surface area contributed by atoms with E-state index in [-0.39, 0.29) is 0 Å². The van der Waals surface area contributed by atoms with Gasteiger partial charge in [-0.2, -0.15) is 0 Å². The quantitative estimate of drug-likeness (QED) is 0.0511. The van der Waals surface area contributed by atoms with Gasteiger partial charge < -0.3 is 14.2 Å². The maximum Gasteiger partial charge on any atom is 0.122 e. The highest BCUT2D eigenvalue weighted by molar-refractivity contribution is 5.79. The van der Waals surface area contributed by atoms with Crippen LogP contribution in [-0.2, 0) is 27.7 Å². The van der Waals surface area contributed by atoms with E-state index in [2.05, 4.69) is 145 Å². The summed E-state index contributed by atoms with van der Waals surface area (Å²) in [5, 5.41) is 0. The molecule has 1 unspecified atom stereocenters. The molecule has 276 valence electrons. The fourth-order valence-corrected chi connectivity index (χ4v) is 6.32. The summed E-state index contributed by atoms with van der Waals surface area (Å²) in [6.45, 7) is 22.7. The zero-order valence-corrected chi connectivity index (χ0v) is 32.7. The Morgan fingerprint density at radius 1 is 0.745 bits per heavy atom. The van der Waals surface area contributed by atoms with Crippen molar-refractivity contribution in [1.29, 1.82) is 0 Å². The molecule has 0 saturated heterocycles. The second-order valence-electron chi connectivity index (χ2n) is 12.7. The van der Waals surface area contributed by atoms with E-state index < -0.39 is 5.41 Å². The molecule has 0 spiro atoms. The molecule has 0 N–H and O–H groups in total. The van der Waals surface area contributed by atoms with Crippen LogP contribution >= 0.6 is 0 Å². The number of benzene rings is 3.